The van der Waals surface area contributed by atoms with Gasteiger partial charge in [0.2, 0.25) is 0 Å². The number of hydrogen-bond acceptors (Lipinski definition) is 4. The predicted octanol–water partition coefficient (Wildman–Crippen LogP) is -0.799. The number of carbonyl (C=O) groups is 1. The van der Waals surface area contributed by atoms with Crippen molar-refractivity contribution >= 4 is 5.97 Å². The highest BCUT2D eigenvalue weighted by molar-refractivity contribution is 5.67. The Balaban J connectivity index is 2.34. The van der Waals surface area contributed by atoms with E-state index in [1.807, 2.05) is 6.92 Å². The third-order valence-electron chi connectivity index (χ3n) is 2.15. The van der Waals surface area contributed by atoms with Crippen molar-refractivity contribution in [2.45, 2.75) is 25.0 Å². The molecule has 0 radical (unpaired) electrons. The Morgan fingerprint density at radius 2 is 2.46 bits per heavy atom. The molecular formula is C8H15NO4. The zero-order valence-corrected chi connectivity index (χ0v) is 7.62. The van der Waals surface area contributed by atoms with Gasteiger partial charge in [-0.15, -0.1) is 0 Å². The zero-order chi connectivity index (χ0) is 9.90. The zero-order valence-electron chi connectivity index (χ0n) is 7.62. The van der Waals surface area contributed by atoms with E-state index in [1.165, 1.54) is 0 Å². The Morgan fingerprint density at radius 1 is 1.77 bits per heavy atom. The molecule has 3 N–H and O–H groups in total. The lowest BCUT2D eigenvalue weighted by atomic mass is 10.0. The van der Waals surface area contributed by atoms with Gasteiger partial charge in [-0.1, -0.05) is 0 Å². The van der Waals surface area contributed by atoms with E-state index in [0.717, 1.165) is 0 Å². The number of hydrogen-bond donors (Lipinski definition) is 3. The average Bonchev–Trinajstić information content (AvgIpc) is 2.09. The minimum absolute atomic E-state index is 0.00715. The molecule has 0 aromatic heterocycles. The Labute approximate surface area is 76.7 Å². The summed E-state index contributed by atoms with van der Waals surface area (Å²) in [6.07, 6.45) is -0.272. The van der Waals surface area contributed by atoms with Crippen LogP contribution in [0.3, 0.4) is 0 Å². The van der Waals surface area contributed by atoms with Crippen LogP contribution in [0.5, 0.6) is 0 Å². The minimum Gasteiger partial charge on any atom is -0.481 e. The van der Waals surface area contributed by atoms with Gasteiger partial charge in [-0.3, -0.25) is 4.79 Å². The molecule has 0 amide bonds. The van der Waals surface area contributed by atoms with Crippen molar-refractivity contribution in [3.8, 4) is 0 Å². The highest BCUT2D eigenvalue weighted by Crippen LogP contribution is 2.13. The molecule has 5 heteroatoms. The first-order valence-corrected chi connectivity index (χ1v) is 4.25. The third-order valence-corrected chi connectivity index (χ3v) is 2.15. The number of carboxylic acid groups (broad SMARTS) is 1. The number of ether oxygens (including phenoxy) is 1. The first-order chi connectivity index (χ1) is 6.06. The molecule has 1 saturated heterocycles. The fourth-order valence-electron chi connectivity index (χ4n) is 1.20. The fraction of sp³-hybridized carbons (Fsp3) is 0.875. The predicted molar refractivity (Wildman–Crippen MR) is 45.5 cm³/mol. The summed E-state index contributed by atoms with van der Waals surface area (Å²) in [7, 11) is 0. The molecule has 0 aromatic rings. The summed E-state index contributed by atoms with van der Waals surface area (Å²) < 4.78 is 5.29. The number of nitrogens with one attached hydrogen (secondary N) is 1. The fourth-order valence-corrected chi connectivity index (χ4v) is 1.20. The first kappa shape index (κ1) is 10.4. The quantitative estimate of drug-likeness (QED) is 0.541. The summed E-state index contributed by atoms with van der Waals surface area (Å²) in [5, 5.41) is 20.5. The first-order valence-electron chi connectivity index (χ1n) is 4.25. The largest absolute Gasteiger partial charge is 0.481 e. The van der Waals surface area contributed by atoms with Gasteiger partial charge in [-0.05, 0) is 6.92 Å². The second-order valence-corrected chi connectivity index (χ2v) is 3.63. The Bertz CT molecular complexity index is 187. The molecule has 1 fully saturated rings. The van der Waals surface area contributed by atoms with Crippen LogP contribution >= 0.6 is 0 Å². The van der Waals surface area contributed by atoms with Crippen LogP contribution in [0.4, 0.5) is 0 Å². The van der Waals surface area contributed by atoms with Gasteiger partial charge in [0.05, 0.1) is 31.3 Å². The average molecular weight is 189 g/mol. The van der Waals surface area contributed by atoms with E-state index in [4.69, 9.17) is 14.9 Å². The second-order valence-electron chi connectivity index (χ2n) is 3.63. The number of aliphatic hydroxyl groups is 1. The van der Waals surface area contributed by atoms with E-state index in [9.17, 15) is 4.79 Å². The van der Waals surface area contributed by atoms with Gasteiger partial charge in [-0.25, -0.2) is 0 Å². The summed E-state index contributed by atoms with van der Waals surface area (Å²) >= 11 is 0. The number of aliphatic hydroxyl groups excluding tert-OH is 1. The van der Waals surface area contributed by atoms with E-state index in [2.05, 4.69) is 5.32 Å². The van der Waals surface area contributed by atoms with Crippen LogP contribution in [0, 0.1) is 0 Å². The van der Waals surface area contributed by atoms with E-state index in [0.29, 0.717) is 13.2 Å². The lowest BCUT2D eigenvalue weighted by Gasteiger charge is -2.36. The van der Waals surface area contributed by atoms with Crippen molar-refractivity contribution in [1.29, 1.82) is 0 Å². The number of aliphatic carboxylic acids is 1. The maximum atomic E-state index is 10.3. The SMILES string of the molecule is C[C@@]1(CO)CO[C@H](CC(=O)O)CN1. The van der Waals surface area contributed by atoms with Gasteiger partial charge in [0.15, 0.2) is 0 Å². The normalized spacial score (nSPS) is 34.5. The molecule has 0 unspecified atom stereocenters. The molecule has 0 aromatic carbocycles. The third kappa shape index (κ3) is 2.95. The van der Waals surface area contributed by atoms with Gasteiger partial charge in [0.25, 0.3) is 0 Å². The lowest BCUT2D eigenvalue weighted by molar-refractivity contribution is -0.142. The van der Waals surface area contributed by atoms with Gasteiger partial charge in [0.1, 0.15) is 0 Å². The van der Waals surface area contributed by atoms with Crippen LogP contribution in [-0.2, 0) is 9.53 Å². The van der Waals surface area contributed by atoms with Crippen molar-refractivity contribution in [3.63, 3.8) is 0 Å². The van der Waals surface area contributed by atoms with Gasteiger partial charge in [0, 0.05) is 6.54 Å². The number of carboxylic acids is 1. The molecular weight excluding hydrogens is 174 g/mol. The van der Waals surface area contributed by atoms with Crippen LogP contribution in [-0.4, -0.2) is 47.6 Å². The molecule has 1 aliphatic heterocycles. The number of rotatable bonds is 3. The van der Waals surface area contributed by atoms with Gasteiger partial charge < -0.3 is 20.3 Å². The standard InChI is InChI=1S/C8H15NO4/c1-8(4-10)5-13-6(3-9-8)2-7(11)12/h6,9-10H,2-5H2,1H3,(H,11,12)/t6-,8-/m1/s1. The van der Waals surface area contributed by atoms with Gasteiger partial charge >= 0.3 is 5.97 Å². The Hall–Kier alpha value is -0.650. The molecule has 0 spiro atoms. The molecule has 13 heavy (non-hydrogen) atoms. The topological polar surface area (TPSA) is 78.8 Å². The van der Waals surface area contributed by atoms with Crippen molar-refractivity contribution in [1.82, 2.24) is 5.32 Å². The van der Waals surface area contributed by atoms with E-state index >= 15 is 0 Å². The molecule has 2 atom stereocenters. The summed E-state index contributed by atoms with van der Waals surface area (Å²) in [6, 6.07) is 0. The van der Waals surface area contributed by atoms with E-state index in [-0.39, 0.29) is 19.1 Å². The summed E-state index contributed by atoms with van der Waals surface area (Å²) in [5.41, 5.74) is -0.422. The number of morpholine rings is 1. The second kappa shape index (κ2) is 4.04. The molecule has 0 saturated carbocycles. The lowest BCUT2D eigenvalue weighted by Crippen LogP contribution is -2.57. The van der Waals surface area contributed by atoms with Crippen LogP contribution in [0.25, 0.3) is 0 Å². The minimum atomic E-state index is -0.862. The van der Waals surface area contributed by atoms with Crippen molar-refractivity contribution < 1.29 is 19.7 Å². The summed E-state index contributed by atoms with van der Waals surface area (Å²) in [4.78, 5) is 10.3. The Morgan fingerprint density at radius 3 is 2.85 bits per heavy atom. The molecule has 1 rings (SSSR count). The van der Waals surface area contributed by atoms with Crippen LogP contribution in [0.2, 0.25) is 0 Å². The van der Waals surface area contributed by atoms with Crippen LogP contribution in [0.15, 0.2) is 0 Å². The molecule has 76 valence electrons. The van der Waals surface area contributed by atoms with Crippen molar-refractivity contribution in [2.24, 2.45) is 0 Å². The summed E-state index contributed by atoms with van der Waals surface area (Å²) in [5.74, 6) is -0.862. The van der Waals surface area contributed by atoms with Crippen molar-refractivity contribution in [3.05, 3.63) is 0 Å². The maximum absolute atomic E-state index is 10.3. The highest BCUT2D eigenvalue weighted by atomic mass is 16.5. The van der Waals surface area contributed by atoms with Gasteiger partial charge in [-0.2, -0.15) is 0 Å². The molecule has 1 aliphatic rings. The Kier molecular flexibility index (Phi) is 3.24. The smallest absolute Gasteiger partial charge is 0.306 e. The van der Waals surface area contributed by atoms with E-state index < -0.39 is 11.5 Å². The van der Waals surface area contributed by atoms with Crippen LogP contribution < -0.4 is 5.32 Å². The monoisotopic (exact) mass is 189 g/mol. The molecule has 5 nitrogen and oxygen atoms in total. The molecule has 0 bridgehead atoms. The highest BCUT2D eigenvalue weighted by Gasteiger charge is 2.31. The van der Waals surface area contributed by atoms with Crippen LogP contribution in [0.1, 0.15) is 13.3 Å². The van der Waals surface area contributed by atoms with Crippen molar-refractivity contribution in [2.75, 3.05) is 19.8 Å². The molecule has 1 heterocycles. The van der Waals surface area contributed by atoms with E-state index in [1.54, 1.807) is 0 Å². The molecule has 0 aliphatic carbocycles. The summed E-state index contributed by atoms with van der Waals surface area (Å²) in [6.45, 7) is 2.65. The maximum Gasteiger partial charge on any atom is 0.306 e.